The Morgan fingerprint density at radius 3 is 3.15 bits per heavy atom. The molecule has 0 bridgehead atoms. The molecule has 0 radical (unpaired) electrons. The first-order valence-electron chi connectivity index (χ1n) is 3.88. The number of hydrogen-bond acceptors (Lipinski definition) is 4. The van der Waals surface area contributed by atoms with Gasteiger partial charge in [0.1, 0.15) is 5.56 Å². The van der Waals surface area contributed by atoms with Crippen molar-refractivity contribution in [2.75, 3.05) is 6.61 Å². The Hall–Kier alpha value is -1.62. The molecule has 1 aromatic heterocycles. The van der Waals surface area contributed by atoms with Gasteiger partial charge in [-0.1, -0.05) is 0 Å². The van der Waals surface area contributed by atoms with Gasteiger partial charge in [0.15, 0.2) is 0 Å². The number of nitrogens with two attached hydrogens (primary N) is 1. The first kappa shape index (κ1) is 9.47. The first-order chi connectivity index (χ1) is 6.29. The summed E-state index contributed by atoms with van der Waals surface area (Å²) in [5, 5.41) is 0. The number of carbonyl (C=O) groups is 1. The molecule has 1 amide bonds. The molecule has 0 fully saturated rings. The third-order valence-electron chi connectivity index (χ3n) is 1.43. The molecule has 0 aliphatic carbocycles. The first-order valence-corrected chi connectivity index (χ1v) is 3.88. The van der Waals surface area contributed by atoms with Gasteiger partial charge in [-0.05, 0) is 19.1 Å². The highest BCUT2D eigenvalue weighted by Crippen LogP contribution is 2.13. The van der Waals surface area contributed by atoms with E-state index < -0.39 is 5.91 Å². The van der Waals surface area contributed by atoms with Crippen molar-refractivity contribution in [2.24, 2.45) is 5.84 Å². The van der Waals surface area contributed by atoms with Gasteiger partial charge in [0, 0.05) is 6.20 Å². The maximum atomic E-state index is 11.2. The molecular formula is C8H11N3O2. The van der Waals surface area contributed by atoms with Crippen molar-refractivity contribution in [3.8, 4) is 5.88 Å². The molecule has 13 heavy (non-hydrogen) atoms. The van der Waals surface area contributed by atoms with Crippen LogP contribution in [0.2, 0.25) is 0 Å². The molecule has 0 spiro atoms. The second-order valence-corrected chi connectivity index (χ2v) is 2.26. The van der Waals surface area contributed by atoms with Crippen LogP contribution in [0.1, 0.15) is 17.3 Å². The zero-order valence-corrected chi connectivity index (χ0v) is 7.28. The molecule has 0 unspecified atom stereocenters. The van der Waals surface area contributed by atoms with Crippen molar-refractivity contribution in [3.63, 3.8) is 0 Å². The fraction of sp³-hybridized carbons (Fsp3) is 0.250. The fourth-order valence-corrected chi connectivity index (χ4v) is 0.893. The van der Waals surface area contributed by atoms with E-state index in [0.717, 1.165) is 0 Å². The molecule has 0 aliphatic rings. The second kappa shape index (κ2) is 4.42. The predicted molar refractivity (Wildman–Crippen MR) is 47.1 cm³/mol. The monoisotopic (exact) mass is 181 g/mol. The molecule has 0 aromatic carbocycles. The van der Waals surface area contributed by atoms with E-state index in [2.05, 4.69) is 4.98 Å². The Morgan fingerprint density at radius 2 is 2.54 bits per heavy atom. The number of pyridine rings is 1. The SMILES string of the molecule is CCOc1ncccc1C(=O)NN. The highest BCUT2D eigenvalue weighted by atomic mass is 16.5. The standard InChI is InChI=1S/C8H11N3O2/c1-2-13-8-6(7(12)11-9)4-3-5-10-8/h3-5H,2,9H2,1H3,(H,11,12). The van der Waals surface area contributed by atoms with E-state index in [9.17, 15) is 4.79 Å². The molecule has 5 nitrogen and oxygen atoms in total. The van der Waals surface area contributed by atoms with Gasteiger partial charge < -0.3 is 4.74 Å². The van der Waals surface area contributed by atoms with Gasteiger partial charge in [0.2, 0.25) is 5.88 Å². The number of nitrogens with one attached hydrogen (secondary N) is 1. The minimum atomic E-state index is -0.406. The van der Waals surface area contributed by atoms with Crippen LogP contribution in [0.15, 0.2) is 18.3 Å². The maximum Gasteiger partial charge on any atom is 0.270 e. The number of hydrazine groups is 1. The van der Waals surface area contributed by atoms with Crippen molar-refractivity contribution in [3.05, 3.63) is 23.9 Å². The summed E-state index contributed by atoms with van der Waals surface area (Å²) in [5.41, 5.74) is 2.36. The summed E-state index contributed by atoms with van der Waals surface area (Å²) in [6.45, 7) is 2.28. The topological polar surface area (TPSA) is 77.2 Å². The van der Waals surface area contributed by atoms with Crippen molar-refractivity contribution in [1.82, 2.24) is 10.4 Å². The Kier molecular flexibility index (Phi) is 3.22. The van der Waals surface area contributed by atoms with E-state index in [1.165, 1.54) is 0 Å². The van der Waals surface area contributed by atoms with Crippen LogP contribution in [-0.4, -0.2) is 17.5 Å². The lowest BCUT2D eigenvalue weighted by atomic mass is 10.2. The molecule has 5 heteroatoms. The van der Waals surface area contributed by atoms with Crippen LogP contribution in [0, 0.1) is 0 Å². The van der Waals surface area contributed by atoms with E-state index in [-0.39, 0.29) is 0 Å². The van der Waals surface area contributed by atoms with E-state index in [0.29, 0.717) is 18.1 Å². The molecule has 0 saturated heterocycles. The van der Waals surface area contributed by atoms with Crippen LogP contribution < -0.4 is 16.0 Å². The minimum Gasteiger partial charge on any atom is -0.477 e. The smallest absolute Gasteiger partial charge is 0.270 e. The van der Waals surface area contributed by atoms with Crippen LogP contribution >= 0.6 is 0 Å². The quantitative estimate of drug-likeness (QED) is 0.393. The molecule has 1 rings (SSSR count). The fourth-order valence-electron chi connectivity index (χ4n) is 0.893. The number of aromatic nitrogens is 1. The Labute approximate surface area is 75.9 Å². The summed E-state index contributed by atoms with van der Waals surface area (Å²) in [6.07, 6.45) is 1.55. The number of hydrogen-bond donors (Lipinski definition) is 2. The Morgan fingerprint density at radius 1 is 1.77 bits per heavy atom. The summed E-state index contributed by atoms with van der Waals surface area (Å²) in [5.74, 6) is 4.88. The van der Waals surface area contributed by atoms with Gasteiger partial charge in [-0.15, -0.1) is 0 Å². The van der Waals surface area contributed by atoms with E-state index in [4.69, 9.17) is 10.6 Å². The summed E-state index contributed by atoms with van der Waals surface area (Å²) in [6, 6.07) is 3.24. The van der Waals surface area contributed by atoms with Crippen LogP contribution in [0.3, 0.4) is 0 Å². The lowest BCUT2D eigenvalue weighted by molar-refractivity contribution is 0.0949. The molecule has 1 heterocycles. The summed E-state index contributed by atoms with van der Waals surface area (Å²) in [4.78, 5) is 15.1. The normalized spacial score (nSPS) is 9.38. The zero-order valence-electron chi connectivity index (χ0n) is 7.28. The number of carbonyl (C=O) groups excluding carboxylic acids is 1. The summed E-state index contributed by atoms with van der Waals surface area (Å²) >= 11 is 0. The third kappa shape index (κ3) is 2.16. The third-order valence-corrected chi connectivity index (χ3v) is 1.43. The van der Waals surface area contributed by atoms with Crippen LogP contribution in [0.4, 0.5) is 0 Å². The predicted octanol–water partition coefficient (Wildman–Crippen LogP) is 0.0838. The summed E-state index contributed by atoms with van der Waals surface area (Å²) in [7, 11) is 0. The molecule has 3 N–H and O–H groups in total. The number of ether oxygens (including phenoxy) is 1. The Balaban J connectivity index is 2.97. The minimum absolute atomic E-state index is 0.299. The van der Waals surface area contributed by atoms with Gasteiger partial charge >= 0.3 is 0 Å². The Bertz CT molecular complexity index is 301. The number of amides is 1. The zero-order chi connectivity index (χ0) is 9.68. The van der Waals surface area contributed by atoms with Crippen molar-refractivity contribution >= 4 is 5.91 Å². The second-order valence-electron chi connectivity index (χ2n) is 2.26. The van der Waals surface area contributed by atoms with Crippen molar-refractivity contribution in [2.45, 2.75) is 6.92 Å². The molecule has 0 atom stereocenters. The van der Waals surface area contributed by atoms with E-state index >= 15 is 0 Å². The number of nitrogens with zero attached hydrogens (tertiary/aromatic N) is 1. The average molecular weight is 181 g/mol. The lowest BCUT2D eigenvalue weighted by Crippen LogP contribution is -2.30. The number of nitrogen functional groups attached to an aromatic ring is 1. The van der Waals surface area contributed by atoms with Gasteiger partial charge in [-0.25, -0.2) is 10.8 Å². The van der Waals surface area contributed by atoms with Crippen LogP contribution in [-0.2, 0) is 0 Å². The van der Waals surface area contributed by atoms with Crippen LogP contribution in [0.5, 0.6) is 5.88 Å². The van der Waals surface area contributed by atoms with E-state index in [1.807, 2.05) is 12.3 Å². The highest BCUT2D eigenvalue weighted by Gasteiger charge is 2.10. The van der Waals surface area contributed by atoms with Gasteiger partial charge in [-0.3, -0.25) is 10.2 Å². The molecule has 0 aliphatic heterocycles. The number of rotatable bonds is 3. The maximum absolute atomic E-state index is 11.2. The average Bonchev–Trinajstić information content (AvgIpc) is 2.18. The van der Waals surface area contributed by atoms with Crippen molar-refractivity contribution in [1.29, 1.82) is 0 Å². The molecule has 1 aromatic rings. The molecule has 0 saturated carbocycles. The molecule has 70 valence electrons. The largest absolute Gasteiger partial charge is 0.477 e. The van der Waals surface area contributed by atoms with Crippen molar-refractivity contribution < 1.29 is 9.53 Å². The molecular weight excluding hydrogens is 170 g/mol. The summed E-state index contributed by atoms with van der Waals surface area (Å²) < 4.78 is 5.13. The van der Waals surface area contributed by atoms with Gasteiger partial charge in [0.05, 0.1) is 6.61 Å². The van der Waals surface area contributed by atoms with E-state index in [1.54, 1.807) is 18.3 Å². The highest BCUT2D eigenvalue weighted by molar-refractivity contribution is 5.95. The lowest BCUT2D eigenvalue weighted by Gasteiger charge is -2.06. The van der Waals surface area contributed by atoms with Gasteiger partial charge in [0.25, 0.3) is 5.91 Å². The van der Waals surface area contributed by atoms with Crippen LogP contribution in [0.25, 0.3) is 0 Å². The van der Waals surface area contributed by atoms with Gasteiger partial charge in [-0.2, -0.15) is 0 Å².